The predicted molar refractivity (Wildman–Crippen MR) is 263 cm³/mol. The lowest BCUT2D eigenvalue weighted by atomic mass is 9.69. The number of para-hydroxylation sites is 1. The highest BCUT2D eigenvalue weighted by Crippen LogP contribution is 2.52. The lowest BCUT2D eigenvalue weighted by Crippen LogP contribution is -2.30. The van der Waals surface area contributed by atoms with E-state index in [4.69, 9.17) is 0 Å². The summed E-state index contributed by atoms with van der Waals surface area (Å²) in [6, 6.07) is 15.7. The highest BCUT2D eigenvalue weighted by atomic mass is 32.2. The molecule has 2 nitrogen and oxygen atoms in total. The maximum Gasteiger partial charge on any atom is 0.0595 e. The van der Waals surface area contributed by atoms with Gasteiger partial charge in [-0.3, -0.25) is 0 Å². The SMILES string of the molecule is C=C/C=C(\C=C\N(C\C=C/C=C/C=C\C=C/C)c1ccc2c(c1)C(C)(C)C/C=C\C=C/C2)C1(C/C=C\C=C/C)/C=C/C=C\C=C\N2C(=C\1C)/C(=C\C)Sc1ccccc12. The van der Waals surface area contributed by atoms with E-state index in [1.54, 1.807) is 0 Å². The quantitative estimate of drug-likeness (QED) is 0.187. The molecule has 0 saturated carbocycles. The van der Waals surface area contributed by atoms with Gasteiger partial charge >= 0.3 is 0 Å². The van der Waals surface area contributed by atoms with Crippen LogP contribution >= 0.6 is 11.8 Å². The van der Waals surface area contributed by atoms with E-state index in [1.165, 1.54) is 37.9 Å². The third-order valence-electron chi connectivity index (χ3n) is 10.9. The van der Waals surface area contributed by atoms with Gasteiger partial charge in [0.05, 0.1) is 11.4 Å². The molecule has 5 rings (SSSR count). The number of rotatable bonds is 13. The first-order chi connectivity index (χ1) is 28.8. The summed E-state index contributed by atoms with van der Waals surface area (Å²) in [5.41, 5.74) is 8.18. The summed E-state index contributed by atoms with van der Waals surface area (Å²) in [7, 11) is 0. The van der Waals surface area contributed by atoms with Crippen molar-refractivity contribution in [2.45, 2.75) is 71.1 Å². The number of benzene rings is 2. The molecule has 1 aliphatic carbocycles. The smallest absolute Gasteiger partial charge is 0.0595 e. The van der Waals surface area contributed by atoms with Crippen LogP contribution in [0.4, 0.5) is 11.4 Å². The molecule has 0 spiro atoms. The maximum absolute atomic E-state index is 4.27. The fourth-order valence-electron chi connectivity index (χ4n) is 7.68. The number of allylic oxidation sites excluding steroid dienone is 26. The molecule has 1 unspecified atom stereocenters. The van der Waals surface area contributed by atoms with Crippen molar-refractivity contribution in [1.29, 1.82) is 0 Å². The summed E-state index contributed by atoms with van der Waals surface area (Å²) < 4.78 is 0. The van der Waals surface area contributed by atoms with Gasteiger partial charge in [-0.15, -0.1) is 0 Å². The molecular weight excluding hydrogens is 733 g/mol. The molecule has 0 fully saturated rings. The van der Waals surface area contributed by atoms with E-state index in [1.807, 2.05) is 43.0 Å². The van der Waals surface area contributed by atoms with Gasteiger partial charge in [0, 0.05) is 39.8 Å². The summed E-state index contributed by atoms with van der Waals surface area (Å²) >= 11 is 1.84. The molecule has 2 heterocycles. The highest BCUT2D eigenvalue weighted by Gasteiger charge is 2.37. The van der Waals surface area contributed by atoms with Crippen LogP contribution in [0.5, 0.6) is 0 Å². The van der Waals surface area contributed by atoms with Gasteiger partial charge in [-0.25, -0.2) is 0 Å². The van der Waals surface area contributed by atoms with Crippen molar-refractivity contribution in [3.63, 3.8) is 0 Å². The second-order valence-corrected chi connectivity index (χ2v) is 16.4. The normalized spacial score (nSPS) is 24.4. The number of hydrogen-bond acceptors (Lipinski definition) is 3. The van der Waals surface area contributed by atoms with Crippen molar-refractivity contribution in [3.8, 4) is 0 Å². The van der Waals surface area contributed by atoms with E-state index in [0.29, 0.717) is 6.54 Å². The minimum atomic E-state index is -0.526. The number of fused-ring (bicyclic) bond motifs is 4. The number of thioether (sulfide) groups is 1. The first kappa shape index (κ1) is 44.3. The third-order valence-corrected chi connectivity index (χ3v) is 12.1. The molecule has 0 radical (unpaired) electrons. The maximum atomic E-state index is 4.27. The van der Waals surface area contributed by atoms with Crippen LogP contribution in [-0.2, 0) is 11.8 Å². The molecule has 0 aromatic heterocycles. The zero-order chi connectivity index (χ0) is 41.9. The van der Waals surface area contributed by atoms with E-state index in [-0.39, 0.29) is 5.41 Å². The van der Waals surface area contributed by atoms with Gasteiger partial charge in [0.2, 0.25) is 0 Å². The van der Waals surface area contributed by atoms with Crippen LogP contribution in [-0.4, -0.2) is 6.54 Å². The first-order valence-corrected chi connectivity index (χ1v) is 21.7. The minimum absolute atomic E-state index is 0.0164. The van der Waals surface area contributed by atoms with Gasteiger partial charge < -0.3 is 9.80 Å². The summed E-state index contributed by atoms with van der Waals surface area (Å²) in [6.07, 6.45) is 61.1. The summed E-state index contributed by atoms with van der Waals surface area (Å²) in [5.74, 6) is 0. The number of nitrogens with zero attached hydrogens (tertiary/aromatic N) is 2. The molecule has 0 N–H and O–H groups in total. The fraction of sp³-hybridized carbons (Fsp3) is 0.214. The van der Waals surface area contributed by atoms with Crippen molar-refractivity contribution < 1.29 is 0 Å². The second-order valence-electron chi connectivity index (χ2n) is 15.3. The second kappa shape index (κ2) is 22.4. The topological polar surface area (TPSA) is 6.48 Å². The standard InChI is InChI=1S/C56H62N2S/c1-8-12-14-16-17-18-22-30-42-57(49-37-36-47-33-24-19-20-27-39-55(6,7)50(47)45-49)44-38-48(32-10-3)56(40-28-15-13-9-2)41-29-21-23-31-43-58-51-34-25-26-35-53(51)59-52(11-4)54(58)46(56)5/h8-32,34-38,41,43-45H,3,33,39-40,42H2,1-2,4-7H3/b12-8-,13-9-,16-14-,18-17+,23-21-,24-19-,27-20-,28-15-,30-22-,41-29+,43-31+,44-38+,48-32+,52-11+,54-46-. The van der Waals surface area contributed by atoms with Crippen molar-refractivity contribution in [2.24, 2.45) is 5.41 Å². The minimum Gasteiger partial charge on any atom is -0.344 e. The Morgan fingerprint density at radius 1 is 0.831 bits per heavy atom. The Balaban J connectivity index is 1.70. The molecule has 0 amide bonds. The molecule has 3 aliphatic rings. The molecule has 0 bridgehead atoms. The van der Waals surface area contributed by atoms with Gasteiger partial charge in [0.1, 0.15) is 0 Å². The van der Waals surface area contributed by atoms with Gasteiger partial charge in [-0.2, -0.15) is 0 Å². The average Bonchev–Trinajstić information content (AvgIpc) is 3.31. The first-order valence-electron chi connectivity index (χ1n) is 20.9. The lowest BCUT2D eigenvalue weighted by molar-refractivity contribution is 0.530. The van der Waals surface area contributed by atoms with E-state index >= 15 is 0 Å². The van der Waals surface area contributed by atoms with Crippen molar-refractivity contribution in [1.82, 2.24) is 0 Å². The van der Waals surface area contributed by atoms with Crippen LogP contribution in [0.1, 0.15) is 65.5 Å². The fourth-order valence-corrected chi connectivity index (χ4v) is 8.80. The highest BCUT2D eigenvalue weighted by molar-refractivity contribution is 8.03. The third kappa shape index (κ3) is 11.5. The lowest BCUT2D eigenvalue weighted by Gasteiger charge is -2.40. The molecular formula is C56H62N2S. The van der Waals surface area contributed by atoms with Gasteiger partial charge in [0.15, 0.2) is 0 Å². The Labute approximate surface area is 360 Å². The van der Waals surface area contributed by atoms with Crippen LogP contribution in [0, 0.1) is 5.41 Å². The molecule has 302 valence electrons. The summed E-state index contributed by atoms with van der Waals surface area (Å²) in [4.78, 5) is 7.23. The predicted octanol–water partition coefficient (Wildman–Crippen LogP) is 15.6. The molecule has 2 aromatic carbocycles. The monoisotopic (exact) mass is 794 g/mol. The number of hydrogen-bond donors (Lipinski definition) is 0. The summed E-state index contributed by atoms with van der Waals surface area (Å²) in [6.45, 7) is 18.2. The van der Waals surface area contributed by atoms with Crippen molar-refractivity contribution in [2.75, 3.05) is 16.3 Å². The Kier molecular flexibility index (Phi) is 16.8. The molecule has 2 aliphatic heterocycles. The zero-order valence-electron chi connectivity index (χ0n) is 36.0. The largest absolute Gasteiger partial charge is 0.344 e. The van der Waals surface area contributed by atoms with Gasteiger partial charge in [-0.05, 0) is 111 Å². The molecule has 1 atom stereocenters. The van der Waals surface area contributed by atoms with E-state index in [9.17, 15) is 0 Å². The molecule has 59 heavy (non-hydrogen) atoms. The van der Waals surface area contributed by atoms with Gasteiger partial charge in [0.25, 0.3) is 0 Å². The van der Waals surface area contributed by atoms with Crippen LogP contribution in [0.15, 0.2) is 240 Å². The Morgan fingerprint density at radius 2 is 1.56 bits per heavy atom. The van der Waals surface area contributed by atoms with Crippen LogP contribution in [0.25, 0.3) is 0 Å². The summed E-state index contributed by atoms with van der Waals surface area (Å²) in [5, 5.41) is 0. The molecule has 0 saturated heterocycles. The average molecular weight is 795 g/mol. The Bertz CT molecular complexity index is 2250. The van der Waals surface area contributed by atoms with Crippen molar-refractivity contribution in [3.05, 3.63) is 246 Å². The number of anilines is 2. The van der Waals surface area contributed by atoms with Crippen molar-refractivity contribution >= 4 is 23.1 Å². The van der Waals surface area contributed by atoms with E-state index in [2.05, 4.69) is 233 Å². The van der Waals surface area contributed by atoms with Crippen LogP contribution < -0.4 is 9.80 Å². The van der Waals surface area contributed by atoms with Crippen LogP contribution in [0.2, 0.25) is 0 Å². The van der Waals surface area contributed by atoms with Crippen LogP contribution in [0.3, 0.4) is 0 Å². The Morgan fingerprint density at radius 3 is 2.36 bits per heavy atom. The Hall–Kier alpha value is -5.77. The van der Waals surface area contributed by atoms with E-state index < -0.39 is 5.41 Å². The zero-order valence-corrected chi connectivity index (χ0v) is 36.8. The van der Waals surface area contributed by atoms with E-state index in [0.717, 1.165) is 30.5 Å². The molecule has 2 aromatic rings. The molecule has 3 heteroatoms. The van der Waals surface area contributed by atoms with Gasteiger partial charge in [-0.1, -0.05) is 190 Å².